The normalized spacial score (nSPS) is 19.2. The van der Waals surface area contributed by atoms with E-state index in [1.54, 1.807) is 6.07 Å². The van der Waals surface area contributed by atoms with Gasteiger partial charge in [0.05, 0.1) is 0 Å². The molecule has 3 amide bonds. The van der Waals surface area contributed by atoms with Gasteiger partial charge in [-0.2, -0.15) is 0 Å². The van der Waals surface area contributed by atoms with E-state index < -0.39 is 12.1 Å². The van der Waals surface area contributed by atoms with Crippen LogP contribution in [0.2, 0.25) is 5.15 Å². The highest BCUT2D eigenvalue weighted by molar-refractivity contribution is 6.29. The summed E-state index contributed by atoms with van der Waals surface area (Å²) >= 11 is 5.72. The minimum Gasteiger partial charge on any atom is -0.354 e. The number of carbonyl (C=O) groups is 2. The standard InChI is InChI=1S/C12H15ClN4O2/c13-10-7-8(4-6-14-10)16-12(19)17-9-3-1-2-5-15-11(9)18/h4,6-7,9H,1-3,5H2,(H,15,18)(H2,14,16,17,19). The van der Waals surface area contributed by atoms with Gasteiger partial charge in [0.25, 0.3) is 0 Å². The van der Waals surface area contributed by atoms with E-state index in [4.69, 9.17) is 11.6 Å². The minimum absolute atomic E-state index is 0.139. The summed E-state index contributed by atoms with van der Waals surface area (Å²) < 4.78 is 0. The minimum atomic E-state index is -0.486. The lowest BCUT2D eigenvalue weighted by Crippen LogP contribution is -2.47. The highest BCUT2D eigenvalue weighted by Crippen LogP contribution is 2.12. The van der Waals surface area contributed by atoms with Crippen LogP contribution in [0.25, 0.3) is 0 Å². The molecular weight excluding hydrogens is 268 g/mol. The molecule has 1 aromatic heterocycles. The maximum atomic E-state index is 11.8. The molecule has 0 aliphatic carbocycles. The number of nitrogens with one attached hydrogen (secondary N) is 3. The van der Waals surface area contributed by atoms with Gasteiger partial charge in [-0.1, -0.05) is 11.6 Å². The maximum absolute atomic E-state index is 11.8. The number of halogens is 1. The summed E-state index contributed by atoms with van der Waals surface area (Å²) in [6.45, 7) is 0.665. The number of amides is 3. The van der Waals surface area contributed by atoms with Crippen molar-refractivity contribution in [3.63, 3.8) is 0 Å². The first-order chi connectivity index (χ1) is 9.15. The zero-order chi connectivity index (χ0) is 13.7. The molecule has 0 radical (unpaired) electrons. The number of rotatable bonds is 2. The Morgan fingerprint density at radius 2 is 2.32 bits per heavy atom. The molecular formula is C12H15ClN4O2. The van der Waals surface area contributed by atoms with Gasteiger partial charge in [0.2, 0.25) is 5.91 Å². The summed E-state index contributed by atoms with van der Waals surface area (Å²) in [7, 11) is 0. The van der Waals surface area contributed by atoms with E-state index in [1.165, 1.54) is 12.3 Å². The van der Waals surface area contributed by atoms with Gasteiger partial charge in [0.15, 0.2) is 0 Å². The number of anilines is 1. The van der Waals surface area contributed by atoms with Crippen LogP contribution in [0.4, 0.5) is 10.5 Å². The molecule has 1 atom stereocenters. The summed E-state index contributed by atoms with van der Waals surface area (Å²) in [5.41, 5.74) is 0.534. The predicted molar refractivity (Wildman–Crippen MR) is 72.1 cm³/mol. The van der Waals surface area contributed by atoms with Crippen molar-refractivity contribution in [2.45, 2.75) is 25.3 Å². The lowest BCUT2D eigenvalue weighted by Gasteiger charge is -2.15. The Balaban J connectivity index is 1.91. The van der Waals surface area contributed by atoms with Crippen LogP contribution in [-0.2, 0) is 4.79 Å². The molecule has 7 heteroatoms. The topological polar surface area (TPSA) is 83.1 Å². The van der Waals surface area contributed by atoms with Crippen molar-refractivity contribution in [1.29, 1.82) is 0 Å². The van der Waals surface area contributed by atoms with Gasteiger partial charge in [-0.05, 0) is 31.4 Å². The van der Waals surface area contributed by atoms with Crippen molar-refractivity contribution in [3.8, 4) is 0 Å². The largest absolute Gasteiger partial charge is 0.354 e. The van der Waals surface area contributed by atoms with Crippen molar-refractivity contribution in [2.24, 2.45) is 0 Å². The van der Waals surface area contributed by atoms with E-state index in [2.05, 4.69) is 20.9 Å². The van der Waals surface area contributed by atoms with Crippen molar-refractivity contribution in [3.05, 3.63) is 23.5 Å². The first-order valence-corrected chi connectivity index (χ1v) is 6.50. The molecule has 0 spiro atoms. The van der Waals surface area contributed by atoms with Crippen LogP contribution in [0.1, 0.15) is 19.3 Å². The molecule has 1 aliphatic heterocycles. The summed E-state index contributed by atoms with van der Waals surface area (Å²) in [5.74, 6) is -0.139. The predicted octanol–water partition coefficient (Wildman–Crippen LogP) is 1.53. The van der Waals surface area contributed by atoms with Gasteiger partial charge in [-0.25, -0.2) is 9.78 Å². The summed E-state index contributed by atoms with van der Waals surface area (Å²) in [4.78, 5) is 27.3. The zero-order valence-corrected chi connectivity index (χ0v) is 11.0. The average Bonchev–Trinajstić information content (AvgIpc) is 2.55. The fourth-order valence-electron chi connectivity index (χ4n) is 1.88. The Morgan fingerprint density at radius 1 is 1.47 bits per heavy atom. The van der Waals surface area contributed by atoms with Crippen LogP contribution in [0, 0.1) is 0 Å². The Morgan fingerprint density at radius 3 is 3.11 bits per heavy atom. The molecule has 0 aromatic carbocycles. The summed E-state index contributed by atoms with van der Waals surface area (Å²) in [6, 6.07) is 2.25. The van der Waals surface area contributed by atoms with Crippen LogP contribution in [-0.4, -0.2) is 29.5 Å². The lowest BCUT2D eigenvalue weighted by molar-refractivity contribution is -0.122. The number of nitrogens with zero attached hydrogens (tertiary/aromatic N) is 1. The fourth-order valence-corrected chi connectivity index (χ4v) is 2.06. The zero-order valence-electron chi connectivity index (χ0n) is 10.3. The third-order valence-electron chi connectivity index (χ3n) is 2.83. The van der Waals surface area contributed by atoms with E-state index >= 15 is 0 Å². The van der Waals surface area contributed by atoms with Gasteiger partial charge < -0.3 is 16.0 Å². The van der Waals surface area contributed by atoms with Crippen molar-refractivity contribution in [1.82, 2.24) is 15.6 Å². The molecule has 1 unspecified atom stereocenters. The number of urea groups is 1. The Hall–Kier alpha value is -1.82. The van der Waals surface area contributed by atoms with E-state index in [-0.39, 0.29) is 5.91 Å². The summed E-state index contributed by atoms with van der Waals surface area (Å²) in [5, 5.41) is 8.32. The molecule has 1 saturated heterocycles. The number of pyridine rings is 1. The quantitative estimate of drug-likeness (QED) is 0.719. The second-order valence-corrected chi connectivity index (χ2v) is 4.69. The molecule has 19 heavy (non-hydrogen) atoms. The van der Waals surface area contributed by atoms with Crippen LogP contribution in [0.5, 0.6) is 0 Å². The fraction of sp³-hybridized carbons (Fsp3) is 0.417. The third kappa shape index (κ3) is 4.10. The van der Waals surface area contributed by atoms with E-state index in [1.807, 2.05) is 0 Å². The van der Waals surface area contributed by atoms with Crippen LogP contribution in [0.3, 0.4) is 0 Å². The van der Waals surface area contributed by atoms with Crippen LogP contribution >= 0.6 is 11.6 Å². The average molecular weight is 283 g/mol. The van der Waals surface area contributed by atoms with Gasteiger partial charge in [0.1, 0.15) is 11.2 Å². The molecule has 0 bridgehead atoms. The number of hydrogen-bond acceptors (Lipinski definition) is 3. The molecule has 6 nitrogen and oxygen atoms in total. The van der Waals surface area contributed by atoms with Crippen LogP contribution in [0.15, 0.2) is 18.3 Å². The van der Waals surface area contributed by atoms with Crippen LogP contribution < -0.4 is 16.0 Å². The van der Waals surface area contributed by atoms with Crippen molar-refractivity contribution < 1.29 is 9.59 Å². The Bertz CT molecular complexity index is 481. The number of hydrogen-bond donors (Lipinski definition) is 3. The number of carbonyl (C=O) groups excluding carboxylic acids is 2. The van der Waals surface area contributed by atoms with Gasteiger partial charge in [-0.3, -0.25) is 4.79 Å². The second-order valence-electron chi connectivity index (χ2n) is 4.31. The molecule has 1 aromatic rings. The van der Waals surface area contributed by atoms with Gasteiger partial charge in [-0.15, -0.1) is 0 Å². The second kappa shape index (κ2) is 6.38. The van der Waals surface area contributed by atoms with Crippen molar-refractivity contribution >= 4 is 29.2 Å². The number of aromatic nitrogens is 1. The van der Waals surface area contributed by atoms with Gasteiger partial charge >= 0.3 is 6.03 Å². The molecule has 2 rings (SSSR count). The van der Waals surface area contributed by atoms with E-state index in [0.717, 1.165) is 12.8 Å². The lowest BCUT2D eigenvalue weighted by atomic mass is 10.1. The molecule has 102 valence electrons. The van der Waals surface area contributed by atoms with E-state index in [9.17, 15) is 9.59 Å². The Kier molecular flexibility index (Phi) is 4.57. The molecule has 3 N–H and O–H groups in total. The van der Waals surface area contributed by atoms with Crippen molar-refractivity contribution in [2.75, 3.05) is 11.9 Å². The maximum Gasteiger partial charge on any atom is 0.319 e. The smallest absolute Gasteiger partial charge is 0.319 e. The highest BCUT2D eigenvalue weighted by atomic mass is 35.5. The molecule has 2 heterocycles. The van der Waals surface area contributed by atoms with Gasteiger partial charge in [0, 0.05) is 18.4 Å². The molecule has 0 saturated carbocycles. The molecule has 1 fully saturated rings. The Labute approximate surface area is 115 Å². The highest BCUT2D eigenvalue weighted by Gasteiger charge is 2.22. The van der Waals surface area contributed by atoms with E-state index in [0.29, 0.717) is 23.8 Å². The third-order valence-corrected chi connectivity index (χ3v) is 3.03. The monoisotopic (exact) mass is 282 g/mol. The SMILES string of the molecule is O=C(Nc1ccnc(Cl)c1)NC1CCCCNC1=O. The first kappa shape index (κ1) is 13.6. The molecule has 1 aliphatic rings. The summed E-state index contributed by atoms with van der Waals surface area (Å²) in [6.07, 6.45) is 3.99. The first-order valence-electron chi connectivity index (χ1n) is 6.12.